The minimum atomic E-state index is 0.340. The summed E-state index contributed by atoms with van der Waals surface area (Å²) in [6.45, 7) is 5.62. The number of benzene rings is 1. The summed E-state index contributed by atoms with van der Waals surface area (Å²) in [5, 5.41) is 0. The first-order chi connectivity index (χ1) is 11.2. The highest BCUT2D eigenvalue weighted by atomic mass is 16.5. The molecule has 0 amide bonds. The Bertz CT molecular complexity index is 603. The third-order valence-corrected chi connectivity index (χ3v) is 4.36. The van der Waals surface area contributed by atoms with Crippen LogP contribution in [-0.2, 0) is 17.8 Å². The van der Waals surface area contributed by atoms with Crippen LogP contribution < -0.4 is 4.74 Å². The van der Waals surface area contributed by atoms with E-state index in [-0.39, 0.29) is 0 Å². The maximum Gasteiger partial charge on any atom is 0.118 e. The highest BCUT2D eigenvalue weighted by molar-refractivity contribution is 5.27. The van der Waals surface area contributed by atoms with Crippen molar-refractivity contribution in [3.8, 4) is 5.75 Å². The quantitative estimate of drug-likeness (QED) is 0.853. The Balaban J connectivity index is 1.69. The Morgan fingerprint density at radius 3 is 2.74 bits per heavy atom. The van der Waals surface area contributed by atoms with Crippen LogP contribution in [0.5, 0.6) is 5.75 Å². The van der Waals surface area contributed by atoms with Crippen molar-refractivity contribution in [2.75, 3.05) is 20.3 Å². The first-order valence-corrected chi connectivity index (χ1v) is 8.20. The molecule has 23 heavy (non-hydrogen) atoms. The number of rotatable bonds is 7. The molecule has 0 bridgehead atoms. The van der Waals surface area contributed by atoms with Crippen molar-refractivity contribution in [2.24, 2.45) is 0 Å². The summed E-state index contributed by atoms with van der Waals surface area (Å²) in [7, 11) is 1.69. The Labute approximate surface area is 137 Å². The van der Waals surface area contributed by atoms with Gasteiger partial charge in [-0.2, -0.15) is 0 Å². The number of hydrogen-bond acceptors (Lipinski definition) is 4. The number of aromatic nitrogens is 2. The molecule has 3 rings (SSSR count). The SMILES string of the molecule is COc1ccc(CN(Cc2nc[nH]c2C)CC2CCCO2)cc1. The molecular formula is C18H25N3O2. The summed E-state index contributed by atoms with van der Waals surface area (Å²) >= 11 is 0. The van der Waals surface area contributed by atoms with E-state index in [0.29, 0.717) is 6.10 Å². The molecule has 1 fully saturated rings. The van der Waals surface area contributed by atoms with Crippen molar-refractivity contribution in [1.82, 2.24) is 14.9 Å². The van der Waals surface area contributed by atoms with Gasteiger partial charge in [0.1, 0.15) is 5.75 Å². The van der Waals surface area contributed by atoms with Gasteiger partial charge < -0.3 is 14.5 Å². The van der Waals surface area contributed by atoms with E-state index in [4.69, 9.17) is 9.47 Å². The first kappa shape index (κ1) is 16.0. The van der Waals surface area contributed by atoms with Crippen molar-refractivity contribution in [1.29, 1.82) is 0 Å². The molecule has 1 aliphatic rings. The third kappa shape index (κ3) is 4.33. The lowest BCUT2D eigenvalue weighted by molar-refractivity contribution is 0.0674. The molecule has 1 N–H and O–H groups in total. The molecule has 1 unspecified atom stereocenters. The van der Waals surface area contributed by atoms with Crippen molar-refractivity contribution in [2.45, 2.75) is 39.0 Å². The van der Waals surface area contributed by atoms with Crippen LogP contribution in [0, 0.1) is 6.92 Å². The average molecular weight is 315 g/mol. The predicted molar refractivity (Wildman–Crippen MR) is 89.4 cm³/mol. The fourth-order valence-electron chi connectivity index (χ4n) is 3.01. The normalized spacial score (nSPS) is 17.8. The van der Waals surface area contributed by atoms with E-state index in [0.717, 1.165) is 49.8 Å². The van der Waals surface area contributed by atoms with E-state index >= 15 is 0 Å². The van der Waals surface area contributed by atoms with E-state index in [1.54, 1.807) is 13.4 Å². The molecule has 1 aromatic carbocycles. The Hall–Kier alpha value is -1.85. The second-order valence-corrected chi connectivity index (χ2v) is 6.13. The zero-order valence-electron chi connectivity index (χ0n) is 13.9. The van der Waals surface area contributed by atoms with E-state index in [1.165, 1.54) is 12.0 Å². The van der Waals surface area contributed by atoms with Gasteiger partial charge in [-0.3, -0.25) is 4.90 Å². The van der Waals surface area contributed by atoms with Crippen LogP contribution in [0.2, 0.25) is 0 Å². The molecule has 2 heterocycles. The van der Waals surface area contributed by atoms with Gasteiger partial charge in [-0.15, -0.1) is 0 Å². The van der Waals surface area contributed by atoms with E-state index in [2.05, 4.69) is 33.9 Å². The van der Waals surface area contributed by atoms with Gasteiger partial charge in [0.25, 0.3) is 0 Å². The van der Waals surface area contributed by atoms with Gasteiger partial charge in [-0.1, -0.05) is 12.1 Å². The molecule has 5 nitrogen and oxygen atoms in total. The summed E-state index contributed by atoms with van der Waals surface area (Å²) in [4.78, 5) is 10.0. The Morgan fingerprint density at radius 2 is 2.13 bits per heavy atom. The summed E-state index contributed by atoms with van der Waals surface area (Å²) in [5.41, 5.74) is 3.52. The Morgan fingerprint density at radius 1 is 1.30 bits per heavy atom. The highest BCUT2D eigenvalue weighted by Crippen LogP contribution is 2.19. The molecule has 0 saturated carbocycles. The average Bonchev–Trinajstić information content (AvgIpc) is 3.21. The molecule has 1 saturated heterocycles. The van der Waals surface area contributed by atoms with Crippen molar-refractivity contribution in [3.05, 3.63) is 47.5 Å². The molecule has 0 radical (unpaired) electrons. The number of aryl methyl sites for hydroxylation is 1. The largest absolute Gasteiger partial charge is 0.497 e. The van der Waals surface area contributed by atoms with Crippen LogP contribution in [0.25, 0.3) is 0 Å². The molecule has 0 aliphatic carbocycles. The smallest absolute Gasteiger partial charge is 0.118 e. The minimum absolute atomic E-state index is 0.340. The van der Waals surface area contributed by atoms with Crippen LogP contribution in [0.3, 0.4) is 0 Å². The lowest BCUT2D eigenvalue weighted by Crippen LogP contribution is -2.31. The summed E-state index contributed by atoms with van der Waals surface area (Å²) < 4.78 is 11.1. The van der Waals surface area contributed by atoms with E-state index in [1.807, 2.05) is 12.1 Å². The topological polar surface area (TPSA) is 50.4 Å². The monoisotopic (exact) mass is 315 g/mol. The Kier molecular flexibility index (Phi) is 5.31. The van der Waals surface area contributed by atoms with Crippen LogP contribution in [0.4, 0.5) is 0 Å². The molecule has 124 valence electrons. The lowest BCUT2D eigenvalue weighted by atomic mass is 10.1. The lowest BCUT2D eigenvalue weighted by Gasteiger charge is -2.25. The number of ether oxygens (including phenoxy) is 2. The van der Waals surface area contributed by atoms with Crippen LogP contribution in [-0.4, -0.2) is 41.2 Å². The molecule has 0 spiro atoms. The van der Waals surface area contributed by atoms with Gasteiger partial charge in [0.15, 0.2) is 0 Å². The van der Waals surface area contributed by atoms with Crippen molar-refractivity contribution in [3.63, 3.8) is 0 Å². The maximum atomic E-state index is 5.82. The number of nitrogens with one attached hydrogen (secondary N) is 1. The molecule has 1 aliphatic heterocycles. The van der Waals surface area contributed by atoms with Gasteiger partial charge in [-0.05, 0) is 37.5 Å². The van der Waals surface area contributed by atoms with Crippen LogP contribution in [0.15, 0.2) is 30.6 Å². The molecule has 1 atom stereocenters. The van der Waals surface area contributed by atoms with Crippen LogP contribution in [0.1, 0.15) is 29.8 Å². The number of methoxy groups -OCH3 is 1. The molecule has 2 aromatic rings. The first-order valence-electron chi connectivity index (χ1n) is 8.20. The van der Waals surface area contributed by atoms with Crippen molar-refractivity contribution < 1.29 is 9.47 Å². The van der Waals surface area contributed by atoms with E-state index in [9.17, 15) is 0 Å². The zero-order chi connectivity index (χ0) is 16.1. The number of nitrogens with zero attached hydrogens (tertiary/aromatic N) is 2. The predicted octanol–water partition coefficient (Wildman–Crippen LogP) is 2.91. The summed E-state index contributed by atoms with van der Waals surface area (Å²) in [6.07, 6.45) is 4.43. The minimum Gasteiger partial charge on any atom is -0.497 e. The number of aromatic amines is 1. The second-order valence-electron chi connectivity index (χ2n) is 6.13. The van der Waals surface area contributed by atoms with Gasteiger partial charge in [-0.25, -0.2) is 4.98 Å². The van der Waals surface area contributed by atoms with Crippen molar-refractivity contribution >= 4 is 0 Å². The third-order valence-electron chi connectivity index (χ3n) is 4.36. The van der Waals surface area contributed by atoms with Gasteiger partial charge in [0.05, 0.1) is 25.2 Å². The second kappa shape index (κ2) is 7.62. The van der Waals surface area contributed by atoms with E-state index < -0.39 is 0 Å². The van der Waals surface area contributed by atoms with Gasteiger partial charge >= 0.3 is 0 Å². The highest BCUT2D eigenvalue weighted by Gasteiger charge is 2.20. The fraction of sp³-hybridized carbons (Fsp3) is 0.500. The fourth-order valence-corrected chi connectivity index (χ4v) is 3.01. The standard InChI is InChI=1S/C18H25N3O2/c1-14-18(20-13-19-14)12-21(11-17-4-3-9-23-17)10-15-5-7-16(22-2)8-6-15/h5-8,13,17H,3-4,9-12H2,1-2H3,(H,19,20). The molecule has 1 aromatic heterocycles. The number of H-pyrrole nitrogens is 1. The van der Waals surface area contributed by atoms with Gasteiger partial charge in [0, 0.05) is 31.9 Å². The molecular weight excluding hydrogens is 290 g/mol. The summed E-state index contributed by atoms with van der Waals surface area (Å²) in [6, 6.07) is 8.27. The maximum absolute atomic E-state index is 5.82. The summed E-state index contributed by atoms with van der Waals surface area (Å²) in [5.74, 6) is 0.891. The van der Waals surface area contributed by atoms with Gasteiger partial charge in [0.2, 0.25) is 0 Å². The molecule has 5 heteroatoms. The van der Waals surface area contributed by atoms with Crippen LogP contribution >= 0.6 is 0 Å². The zero-order valence-corrected chi connectivity index (χ0v) is 13.9. The number of hydrogen-bond donors (Lipinski definition) is 1. The number of imidazole rings is 1.